The molecule has 2 saturated heterocycles. The van der Waals surface area contributed by atoms with Crippen LogP contribution >= 0.6 is 0 Å². The number of rotatable bonds is 6. The smallest absolute Gasteiger partial charge is 0.255 e. The first-order chi connectivity index (χ1) is 13.7. The van der Waals surface area contributed by atoms with E-state index in [4.69, 9.17) is 4.74 Å². The summed E-state index contributed by atoms with van der Waals surface area (Å²) in [7, 11) is 1.83. The van der Waals surface area contributed by atoms with Gasteiger partial charge in [-0.2, -0.15) is 5.10 Å². The Kier molecular flexibility index (Phi) is 6.04. The van der Waals surface area contributed by atoms with Gasteiger partial charge in [0.1, 0.15) is 0 Å². The lowest BCUT2D eigenvalue weighted by Crippen LogP contribution is -2.48. The quantitative estimate of drug-likeness (QED) is 0.826. The van der Waals surface area contributed by atoms with E-state index in [1.165, 1.54) is 18.4 Å². The van der Waals surface area contributed by atoms with Crippen LogP contribution in [0, 0.1) is 0 Å². The summed E-state index contributed by atoms with van der Waals surface area (Å²) in [5.74, 6) is -0.101. The summed E-state index contributed by atoms with van der Waals surface area (Å²) in [6.45, 7) is 7.15. The predicted octanol–water partition coefficient (Wildman–Crippen LogP) is 1.97. The van der Waals surface area contributed by atoms with E-state index in [-0.39, 0.29) is 5.91 Å². The number of nitrogens with one attached hydrogen (secondary N) is 1. The van der Waals surface area contributed by atoms with Crippen molar-refractivity contribution in [3.05, 3.63) is 47.8 Å². The predicted molar refractivity (Wildman–Crippen MR) is 108 cm³/mol. The second-order valence-corrected chi connectivity index (χ2v) is 7.77. The van der Waals surface area contributed by atoms with Gasteiger partial charge in [0.2, 0.25) is 0 Å². The van der Waals surface area contributed by atoms with Gasteiger partial charge in [-0.3, -0.25) is 19.3 Å². The third-order valence-corrected chi connectivity index (χ3v) is 5.51. The number of aryl methyl sites for hydroxylation is 1. The fourth-order valence-corrected chi connectivity index (χ4v) is 3.96. The van der Waals surface area contributed by atoms with Gasteiger partial charge in [0, 0.05) is 64.7 Å². The van der Waals surface area contributed by atoms with E-state index in [0.717, 1.165) is 45.9 Å². The molecule has 0 saturated carbocycles. The molecule has 3 heterocycles. The highest BCUT2D eigenvalue weighted by molar-refractivity contribution is 6.04. The van der Waals surface area contributed by atoms with Crippen molar-refractivity contribution in [1.82, 2.24) is 19.6 Å². The van der Waals surface area contributed by atoms with Crippen molar-refractivity contribution >= 4 is 11.6 Å². The van der Waals surface area contributed by atoms with E-state index in [9.17, 15) is 4.79 Å². The molecule has 1 amide bonds. The summed E-state index contributed by atoms with van der Waals surface area (Å²) in [5.41, 5.74) is 2.56. The number of piperazine rings is 1. The van der Waals surface area contributed by atoms with E-state index in [2.05, 4.69) is 26.3 Å². The van der Waals surface area contributed by atoms with Gasteiger partial charge in [-0.1, -0.05) is 12.1 Å². The maximum absolute atomic E-state index is 12.5. The molecule has 1 aromatic heterocycles. The van der Waals surface area contributed by atoms with Crippen molar-refractivity contribution < 1.29 is 9.53 Å². The number of benzene rings is 1. The van der Waals surface area contributed by atoms with Gasteiger partial charge in [0.15, 0.2) is 0 Å². The lowest BCUT2D eigenvalue weighted by molar-refractivity contribution is 0.0489. The van der Waals surface area contributed by atoms with Crippen molar-refractivity contribution in [2.24, 2.45) is 7.05 Å². The molecule has 1 atom stereocenters. The van der Waals surface area contributed by atoms with Gasteiger partial charge in [-0.25, -0.2) is 0 Å². The molecular weight excluding hydrogens is 354 g/mol. The van der Waals surface area contributed by atoms with E-state index >= 15 is 0 Å². The summed E-state index contributed by atoms with van der Waals surface area (Å²) in [5, 5.41) is 6.98. The van der Waals surface area contributed by atoms with Crippen LogP contribution in [0.4, 0.5) is 5.69 Å². The Balaban J connectivity index is 1.28. The fourth-order valence-electron chi connectivity index (χ4n) is 3.96. The van der Waals surface area contributed by atoms with Crippen molar-refractivity contribution in [1.29, 1.82) is 0 Å². The van der Waals surface area contributed by atoms with Crippen molar-refractivity contribution in [3.8, 4) is 0 Å². The van der Waals surface area contributed by atoms with Crippen molar-refractivity contribution in [3.63, 3.8) is 0 Å². The average molecular weight is 383 g/mol. The van der Waals surface area contributed by atoms with Crippen molar-refractivity contribution in [2.45, 2.75) is 25.5 Å². The molecule has 1 unspecified atom stereocenters. The summed E-state index contributed by atoms with van der Waals surface area (Å²) in [4.78, 5) is 17.5. The number of carbonyl (C=O) groups is 1. The lowest BCUT2D eigenvalue weighted by Gasteiger charge is -2.35. The molecule has 2 aliphatic heterocycles. The second-order valence-electron chi connectivity index (χ2n) is 7.77. The number of aromatic nitrogens is 2. The molecule has 7 nitrogen and oxygen atoms in total. The number of anilines is 1. The van der Waals surface area contributed by atoms with Gasteiger partial charge in [0.25, 0.3) is 5.91 Å². The Morgan fingerprint density at radius 2 is 2.07 bits per heavy atom. The SMILES string of the molecule is Cn1cc(NC(=O)c2cccc(CN3CCN(CC4CCCO4)CC3)c2)cn1. The standard InChI is InChI=1S/C21H29N5O2/c1-24-15-19(13-22-24)23-21(27)18-5-2-4-17(12-18)14-25-7-9-26(10-8-25)16-20-6-3-11-28-20/h2,4-5,12-13,15,20H,3,6-11,14,16H2,1H3,(H,23,27). The normalized spacial score (nSPS) is 21.1. The summed E-state index contributed by atoms with van der Waals surface area (Å²) >= 11 is 0. The molecule has 2 aliphatic rings. The first-order valence-electron chi connectivity index (χ1n) is 10.1. The molecule has 4 rings (SSSR count). The zero-order valence-electron chi connectivity index (χ0n) is 16.5. The topological polar surface area (TPSA) is 62.6 Å². The number of ether oxygens (including phenoxy) is 1. The fraction of sp³-hybridized carbons (Fsp3) is 0.524. The minimum absolute atomic E-state index is 0.101. The zero-order chi connectivity index (χ0) is 19.3. The Labute approximate surface area is 166 Å². The van der Waals surface area contributed by atoms with Gasteiger partial charge in [-0.05, 0) is 30.5 Å². The number of amides is 1. The molecule has 7 heteroatoms. The van der Waals surface area contributed by atoms with Crippen LogP contribution in [0.25, 0.3) is 0 Å². The van der Waals surface area contributed by atoms with E-state index < -0.39 is 0 Å². The second kappa shape index (κ2) is 8.86. The Morgan fingerprint density at radius 1 is 1.25 bits per heavy atom. The highest BCUT2D eigenvalue weighted by Crippen LogP contribution is 2.16. The Hall–Kier alpha value is -2.22. The van der Waals surface area contributed by atoms with E-state index in [1.54, 1.807) is 17.1 Å². The van der Waals surface area contributed by atoms with Crippen LogP contribution in [-0.4, -0.2) is 70.9 Å². The maximum Gasteiger partial charge on any atom is 0.255 e. The van der Waals surface area contributed by atoms with Crippen LogP contribution in [0.5, 0.6) is 0 Å². The number of hydrogen-bond acceptors (Lipinski definition) is 5. The molecular formula is C21H29N5O2. The molecule has 28 heavy (non-hydrogen) atoms. The number of nitrogens with zero attached hydrogens (tertiary/aromatic N) is 4. The molecule has 0 bridgehead atoms. The maximum atomic E-state index is 12.5. The molecule has 0 radical (unpaired) electrons. The summed E-state index contributed by atoms with van der Waals surface area (Å²) < 4.78 is 7.43. The van der Waals surface area contributed by atoms with Crippen LogP contribution in [0.15, 0.2) is 36.7 Å². The Bertz CT molecular complexity index is 792. The molecule has 1 aromatic carbocycles. The highest BCUT2D eigenvalue weighted by Gasteiger charge is 2.23. The van der Waals surface area contributed by atoms with Gasteiger partial charge < -0.3 is 10.1 Å². The van der Waals surface area contributed by atoms with Crippen LogP contribution in [0.3, 0.4) is 0 Å². The third-order valence-electron chi connectivity index (χ3n) is 5.51. The van der Waals surface area contributed by atoms with Gasteiger partial charge >= 0.3 is 0 Å². The monoisotopic (exact) mass is 383 g/mol. The largest absolute Gasteiger partial charge is 0.377 e. The molecule has 0 spiro atoms. The molecule has 150 valence electrons. The molecule has 2 aromatic rings. The van der Waals surface area contributed by atoms with Gasteiger partial charge in [0.05, 0.1) is 18.0 Å². The first kappa shape index (κ1) is 19.1. The minimum atomic E-state index is -0.101. The van der Waals surface area contributed by atoms with E-state index in [0.29, 0.717) is 17.4 Å². The van der Waals surface area contributed by atoms with Gasteiger partial charge in [-0.15, -0.1) is 0 Å². The number of hydrogen-bond donors (Lipinski definition) is 1. The van der Waals surface area contributed by atoms with Crippen LogP contribution in [0.1, 0.15) is 28.8 Å². The first-order valence-corrected chi connectivity index (χ1v) is 10.1. The lowest BCUT2D eigenvalue weighted by atomic mass is 10.1. The van der Waals surface area contributed by atoms with Crippen molar-refractivity contribution in [2.75, 3.05) is 44.6 Å². The minimum Gasteiger partial charge on any atom is -0.377 e. The van der Waals surface area contributed by atoms with E-state index in [1.807, 2.05) is 25.2 Å². The highest BCUT2D eigenvalue weighted by atomic mass is 16.5. The van der Waals surface area contributed by atoms with Crippen LogP contribution < -0.4 is 5.32 Å². The van der Waals surface area contributed by atoms with Crippen LogP contribution in [0.2, 0.25) is 0 Å². The zero-order valence-corrected chi connectivity index (χ0v) is 16.5. The third kappa shape index (κ3) is 4.98. The summed E-state index contributed by atoms with van der Waals surface area (Å²) in [6, 6.07) is 7.90. The van der Waals surface area contributed by atoms with Crippen LogP contribution in [-0.2, 0) is 18.3 Å². The number of carbonyl (C=O) groups excluding carboxylic acids is 1. The average Bonchev–Trinajstić information content (AvgIpc) is 3.35. The Morgan fingerprint density at radius 3 is 2.79 bits per heavy atom. The molecule has 2 fully saturated rings. The molecule has 1 N–H and O–H groups in total. The summed E-state index contributed by atoms with van der Waals surface area (Å²) in [6.07, 6.45) is 6.28. The molecule has 0 aliphatic carbocycles.